The Balaban J connectivity index is 2.53. The van der Waals surface area contributed by atoms with E-state index in [0.717, 1.165) is 19.6 Å². The van der Waals surface area contributed by atoms with Crippen LogP contribution in [0.3, 0.4) is 0 Å². The molecule has 1 aliphatic heterocycles. The van der Waals surface area contributed by atoms with Crippen LogP contribution in [0.4, 0.5) is 0 Å². The molecule has 15 heavy (non-hydrogen) atoms. The quantitative estimate of drug-likeness (QED) is 0.698. The maximum atomic E-state index is 9.15. The lowest BCUT2D eigenvalue weighted by Crippen LogP contribution is -2.48. The van der Waals surface area contributed by atoms with Gasteiger partial charge in [0.05, 0.1) is 6.61 Å². The third kappa shape index (κ3) is 3.74. The van der Waals surface area contributed by atoms with Crippen LogP contribution in [0.1, 0.15) is 39.5 Å². The normalized spacial score (nSPS) is 19.0. The van der Waals surface area contributed by atoms with Gasteiger partial charge >= 0.3 is 0 Å². The fourth-order valence-electron chi connectivity index (χ4n) is 2.67. The van der Waals surface area contributed by atoms with Crippen molar-refractivity contribution in [1.29, 1.82) is 0 Å². The fourth-order valence-corrected chi connectivity index (χ4v) is 2.67. The third-order valence-electron chi connectivity index (χ3n) is 3.55. The summed E-state index contributed by atoms with van der Waals surface area (Å²) in [6.07, 6.45) is 4.86. The number of hydrogen-bond acceptors (Lipinski definition) is 3. The summed E-state index contributed by atoms with van der Waals surface area (Å²) < 4.78 is 0. The minimum absolute atomic E-state index is 0.292. The van der Waals surface area contributed by atoms with Crippen LogP contribution in [-0.2, 0) is 0 Å². The summed E-state index contributed by atoms with van der Waals surface area (Å²) in [6.45, 7) is 7.90. The molecule has 0 atom stereocenters. The van der Waals surface area contributed by atoms with Gasteiger partial charge in [-0.05, 0) is 38.8 Å². The Labute approximate surface area is 93.9 Å². The van der Waals surface area contributed by atoms with Gasteiger partial charge in [-0.2, -0.15) is 0 Å². The van der Waals surface area contributed by atoms with Gasteiger partial charge in [0.25, 0.3) is 0 Å². The SMILES string of the molecule is CCC(CC)N(CCO)C1CCNCC1. The van der Waals surface area contributed by atoms with Gasteiger partial charge in [-0.3, -0.25) is 4.90 Å². The Morgan fingerprint density at radius 1 is 1.27 bits per heavy atom. The minimum atomic E-state index is 0.292. The minimum Gasteiger partial charge on any atom is -0.395 e. The highest BCUT2D eigenvalue weighted by atomic mass is 16.3. The van der Waals surface area contributed by atoms with Gasteiger partial charge in [-0.15, -0.1) is 0 Å². The van der Waals surface area contributed by atoms with Crippen molar-refractivity contribution in [3.63, 3.8) is 0 Å². The summed E-state index contributed by atoms with van der Waals surface area (Å²) in [5.41, 5.74) is 0. The maximum Gasteiger partial charge on any atom is 0.0558 e. The summed E-state index contributed by atoms with van der Waals surface area (Å²) >= 11 is 0. The number of rotatable bonds is 6. The molecule has 0 unspecified atom stereocenters. The van der Waals surface area contributed by atoms with Gasteiger partial charge in [0.1, 0.15) is 0 Å². The highest BCUT2D eigenvalue weighted by molar-refractivity contribution is 4.81. The van der Waals surface area contributed by atoms with E-state index in [1.54, 1.807) is 0 Å². The summed E-state index contributed by atoms with van der Waals surface area (Å²) in [5, 5.41) is 12.5. The van der Waals surface area contributed by atoms with E-state index in [2.05, 4.69) is 24.1 Å². The van der Waals surface area contributed by atoms with Crippen LogP contribution in [0.25, 0.3) is 0 Å². The van der Waals surface area contributed by atoms with E-state index >= 15 is 0 Å². The predicted octanol–water partition coefficient (Wildman–Crippen LogP) is 1.22. The van der Waals surface area contributed by atoms with Crippen molar-refractivity contribution in [3.8, 4) is 0 Å². The maximum absolute atomic E-state index is 9.15. The van der Waals surface area contributed by atoms with Gasteiger partial charge in [0, 0.05) is 18.6 Å². The predicted molar refractivity (Wildman–Crippen MR) is 64.1 cm³/mol. The first kappa shape index (κ1) is 12.9. The molecule has 0 saturated carbocycles. The second kappa shape index (κ2) is 7.20. The second-order valence-corrected chi connectivity index (χ2v) is 4.41. The van der Waals surface area contributed by atoms with Crippen molar-refractivity contribution in [2.24, 2.45) is 0 Å². The smallest absolute Gasteiger partial charge is 0.0558 e. The molecule has 1 saturated heterocycles. The van der Waals surface area contributed by atoms with E-state index < -0.39 is 0 Å². The molecule has 0 aliphatic carbocycles. The largest absolute Gasteiger partial charge is 0.395 e. The molecule has 2 N–H and O–H groups in total. The van der Waals surface area contributed by atoms with Gasteiger partial charge in [0.15, 0.2) is 0 Å². The summed E-state index contributed by atoms with van der Waals surface area (Å²) in [7, 11) is 0. The van der Waals surface area contributed by atoms with Crippen LogP contribution in [-0.4, -0.2) is 48.3 Å². The number of piperidine rings is 1. The molecule has 3 nitrogen and oxygen atoms in total. The molecule has 1 heterocycles. The van der Waals surface area contributed by atoms with Crippen LogP contribution >= 0.6 is 0 Å². The van der Waals surface area contributed by atoms with Crippen molar-refractivity contribution >= 4 is 0 Å². The van der Waals surface area contributed by atoms with E-state index in [1.807, 2.05) is 0 Å². The summed E-state index contributed by atoms with van der Waals surface area (Å²) in [4.78, 5) is 2.53. The average molecular weight is 214 g/mol. The molecule has 0 spiro atoms. The first-order valence-corrected chi connectivity index (χ1v) is 6.40. The third-order valence-corrected chi connectivity index (χ3v) is 3.55. The molecule has 0 aromatic rings. The van der Waals surface area contributed by atoms with Gasteiger partial charge in [-0.1, -0.05) is 13.8 Å². The molecule has 0 bridgehead atoms. The Morgan fingerprint density at radius 2 is 1.87 bits per heavy atom. The zero-order chi connectivity index (χ0) is 11.1. The van der Waals surface area contributed by atoms with Crippen LogP contribution in [0.5, 0.6) is 0 Å². The molecule has 90 valence electrons. The van der Waals surface area contributed by atoms with Gasteiger partial charge in [-0.25, -0.2) is 0 Å². The first-order valence-electron chi connectivity index (χ1n) is 6.40. The molecule has 1 rings (SSSR count). The van der Waals surface area contributed by atoms with E-state index in [0.29, 0.717) is 18.7 Å². The number of nitrogens with zero attached hydrogens (tertiary/aromatic N) is 1. The molecule has 3 heteroatoms. The van der Waals surface area contributed by atoms with Crippen molar-refractivity contribution in [1.82, 2.24) is 10.2 Å². The highest BCUT2D eigenvalue weighted by Crippen LogP contribution is 2.18. The van der Waals surface area contributed by atoms with Crippen LogP contribution in [0.15, 0.2) is 0 Å². The molecular weight excluding hydrogens is 188 g/mol. The van der Waals surface area contributed by atoms with E-state index in [-0.39, 0.29) is 0 Å². The van der Waals surface area contributed by atoms with Gasteiger partial charge < -0.3 is 10.4 Å². The number of nitrogens with one attached hydrogen (secondary N) is 1. The standard InChI is InChI=1S/C12H26N2O/c1-3-11(4-2)14(9-10-15)12-5-7-13-8-6-12/h11-13,15H,3-10H2,1-2H3. The molecule has 0 radical (unpaired) electrons. The molecule has 0 amide bonds. The molecular formula is C12H26N2O. The average Bonchev–Trinajstić information content (AvgIpc) is 2.30. The lowest BCUT2D eigenvalue weighted by molar-refractivity contribution is 0.0796. The fraction of sp³-hybridized carbons (Fsp3) is 1.00. The van der Waals surface area contributed by atoms with Crippen molar-refractivity contribution < 1.29 is 5.11 Å². The number of aliphatic hydroxyl groups excluding tert-OH is 1. The second-order valence-electron chi connectivity index (χ2n) is 4.41. The van der Waals surface area contributed by atoms with Crippen molar-refractivity contribution in [3.05, 3.63) is 0 Å². The molecule has 1 aliphatic rings. The van der Waals surface area contributed by atoms with Gasteiger partial charge in [0.2, 0.25) is 0 Å². The Kier molecular flexibility index (Phi) is 6.22. The van der Waals surface area contributed by atoms with E-state index in [1.165, 1.54) is 25.7 Å². The Bertz CT molecular complexity index is 154. The van der Waals surface area contributed by atoms with Crippen molar-refractivity contribution in [2.45, 2.75) is 51.6 Å². The van der Waals surface area contributed by atoms with E-state index in [4.69, 9.17) is 5.11 Å². The monoisotopic (exact) mass is 214 g/mol. The number of aliphatic hydroxyl groups is 1. The lowest BCUT2D eigenvalue weighted by Gasteiger charge is -2.39. The zero-order valence-electron chi connectivity index (χ0n) is 10.2. The summed E-state index contributed by atoms with van der Waals surface area (Å²) in [6, 6.07) is 1.34. The topological polar surface area (TPSA) is 35.5 Å². The number of hydrogen-bond donors (Lipinski definition) is 2. The van der Waals surface area contributed by atoms with Crippen LogP contribution in [0.2, 0.25) is 0 Å². The van der Waals surface area contributed by atoms with E-state index in [9.17, 15) is 0 Å². The lowest BCUT2D eigenvalue weighted by atomic mass is 10.0. The molecule has 0 aromatic carbocycles. The first-order chi connectivity index (χ1) is 7.33. The van der Waals surface area contributed by atoms with Crippen LogP contribution < -0.4 is 5.32 Å². The molecule has 0 aromatic heterocycles. The Morgan fingerprint density at radius 3 is 2.33 bits per heavy atom. The summed E-state index contributed by atoms with van der Waals surface area (Å²) in [5.74, 6) is 0. The zero-order valence-corrected chi connectivity index (χ0v) is 10.2. The van der Waals surface area contributed by atoms with Crippen LogP contribution in [0, 0.1) is 0 Å². The Hall–Kier alpha value is -0.120. The highest BCUT2D eigenvalue weighted by Gasteiger charge is 2.24. The van der Waals surface area contributed by atoms with Crippen molar-refractivity contribution in [2.75, 3.05) is 26.2 Å². The molecule has 1 fully saturated rings.